The highest BCUT2D eigenvalue weighted by Crippen LogP contribution is 2.07. The average molecular weight is 268 g/mol. The van der Waals surface area contributed by atoms with Gasteiger partial charge in [-0.2, -0.15) is 8.42 Å². The first-order valence-electron chi connectivity index (χ1n) is 3.66. The fourth-order valence-electron chi connectivity index (χ4n) is 0.413. The van der Waals surface area contributed by atoms with E-state index in [0.29, 0.717) is 6.08 Å². The van der Waals surface area contributed by atoms with E-state index in [0.717, 1.165) is 6.26 Å². The molecule has 17 heavy (non-hydrogen) atoms. The van der Waals surface area contributed by atoms with Crippen molar-refractivity contribution in [2.45, 2.75) is 0 Å². The molecular formula is C6H4O10S. The van der Waals surface area contributed by atoms with E-state index < -0.39 is 28.1 Å². The molecule has 0 aliphatic carbocycles. The lowest BCUT2D eigenvalue weighted by molar-refractivity contribution is -0.228. The number of hydrogen-bond acceptors (Lipinski definition) is 10. The molecule has 0 bridgehead atoms. The molecule has 0 spiro atoms. The van der Waals surface area contributed by atoms with Gasteiger partial charge in [-0.15, -0.1) is 0 Å². The van der Waals surface area contributed by atoms with Gasteiger partial charge >= 0.3 is 28.1 Å². The van der Waals surface area contributed by atoms with E-state index in [1.54, 1.807) is 0 Å². The Kier molecular flexibility index (Phi) is 4.03. The van der Waals surface area contributed by atoms with Crippen LogP contribution in [0.4, 0.5) is 0 Å². The Morgan fingerprint density at radius 1 is 1.29 bits per heavy atom. The summed E-state index contributed by atoms with van der Waals surface area (Å²) < 4.78 is 36.6. The van der Waals surface area contributed by atoms with Crippen LogP contribution in [0.5, 0.6) is 0 Å². The van der Waals surface area contributed by atoms with E-state index in [4.69, 9.17) is 0 Å². The molecule has 0 fully saturated rings. The standard InChI is InChI=1S/C6H4O10S/c1-2-5(7)13-15-17(9,10)16-14-6(8)4-3-11-12-4/h2-3H,1H2. The van der Waals surface area contributed by atoms with Crippen LogP contribution < -0.4 is 0 Å². The minimum Gasteiger partial charge on any atom is -0.293 e. The van der Waals surface area contributed by atoms with Crippen molar-refractivity contribution in [3.63, 3.8) is 0 Å². The maximum absolute atomic E-state index is 10.8. The van der Waals surface area contributed by atoms with Gasteiger partial charge in [-0.25, -0.2) is 9.59 Å². The lowest BCUT2D eigenvalue weighted by Gasteiger charge is -2.02. The first kappa shape index (κ1) is 13.0. The quantitative estimate of drug-likeness (QED) is 0.390. The van der Waals surface area contributed by atoms with Crippen molar-refractivity contribution < 1.29 is 45.6 Å². The van der Waals surface area contributed by atoms with Crippen molar-refractivity contribution in [3.05, 3.63) is 24.7 Å². The summed E-state index contributed by atoms with van der Waals surface area (Å²) in [5, 5.41) is 0. The molecule has 0 radical (unpaired) electrons. The monoisotopic (exact) mass is 268 g/mol. The number of carbonyl (C=O) groups excluding carboxylic acids is 2. The van der Waals surface area contributed by atoms with Crippen LogP contribution in [0.3, 0.4) is 0 Å². The summed E-state index contributed by atoms with van der Waals surface area (Å²) in [5.41, 5.74) is 0. The van der Waals surface area contributed by atoms with Crippen LogP contribution in [0.2, 0.25) is 0 Å². The molecule has 0 N–H and O–H groups in total. The maximum Gasteiger partial charge on any atom is 0.471 e. The molecular weight excluding hydrogens is 264 g/mol. The van der Waals surface area contributed by atoms with E-state index in [1.165, 1.54) is 0 Å². The Balaban J connectivity index is 2.38. The molecule has 1 aromatic heterocycles. The van der Waals surface area contributed by atoms with Gasteiger partial charge in [0.05, 0.1) is 0 Å². The molecule has 0 amide bonds. The van der Waals surface area contributed by atoms with E-state index >= 15 is 0 Å². The van der Waals surface area contributed by atoms with Crippen LogP contribution in [0, 0.1) is 0 Å². The highest BCUT2D eigenvalue weighted by Gasteiger charge is 2.24. The van der Waals surface area contributed by atoms with E-state index in [2.05, 4.69) is 34.2 Å². The zero-order valence-corrected chi connectivity index (χ0v) is 8.67. The van der Waals surface area contributed by atoms with Crippen LogP contribution >= 0.6 is 0 Å². The Bertz CT molecular complexity index is 495. The molecule has 11 heteroatoms. The maximum atomic E-state index is 10.8. The normalized spacial score (nSPS) is 10.8. The third kappa shape index (κ3) is 4.10. The number of hydrogen-bond donors (Lipinski definition) is 0. The molecule has 1 heterocycles. The van der Waals surface area contributed by atoms with Crippen LogP contribution in [0.25, 0.3) is 0 Å². The highest BCUT2D eigenvalue weighted by molar-refractivity contribution is 7.81. The minimum absolute atomic E-state index is 0.428. The smallest absolute Gasteiger partial charge is 0.293 e. The van der Waals surface area contributed by atoms with Gasteiger partial charge in [-0.05, 0) is 8.67 Å². The topological polar surface area (TPSA) is 131 Å². The Morgan fingerprint density at radius 2 is 1.88 bits per heavy atom. The van der Waals surface area contributed by atoms with Gasteiger partial charge in [0, 0.05) is 6.08 Å². The van der Waals surface area contributed by atoms with Gasteiger partial charge in [-0.1, -0.05) is 6.58 Å². The summed E-state index contributed by atoms with van der Waals surface area (Å²) in [7, 11) is -4.86. The molecule has 1 aromatic rings. The second kappa shape index (κ2) is 5.29. The van der Waals surface area contributed by atoms with Crippen molar-refractivity contribution in [2.75, 3.05) is 0 Å². The zero-order valence-electron chi connectivity index (χ0n) is 7.85. The van der Waals surface area contributed by atoms with Crippen LogP contribution in [-0.4, -0.2) is 20.4 Å². The van der Waals surface area contributed by atoms with Crippen molar-refractivity contribution >= 4 is 22.3 Å². The largest absolute Gasteiger partial charge is 0.471 e. The van der Waals surface area contributed by atoms with Gasteiger partial charge < -0.3 is 0 Å². The van der Waals surface area contributed by atoms with Gasteiger partial charge in [0.25, 0.3) is 0 Å². The highest BCUT2D eigenvalue weighted by atomic mass is 32.3. The predicted octanol–water partition coefficient (Wildman–Crippen LogP) is -0.133. The van der Waals surface area contributed by atoms with Crippen molar-refractivity contribution in [3.8, 4) is 0 Å². The minimum atomic E-state index is -4.86. The second-order valence-corrected chi connectivity index (χ2v) is 3.27. The number of carbonyl (C=O) groups is 2. The van der Waals surface area contributed by atoms with E-state index in [-0.39, 0.29) is 0 Å². The van der Waals surface area contributed by atoms with Crippen LogP contribution in [0.1, 0.15) is 10.6 Å². The Labute approximate surface area is 93.4 Å². The molecule has 0 aliphatic heterocycles. The van der Waals surface area contributed by atoms with Gasteiger partial charge in [0.15, 0.2) is 6.26 Å². The van der Waals surface area contributed by atoms with Gasteiger partial charge in [0.1, 0.15) is 0 Å². The van der Waals surface area contributed by atoms with Crippen LogP contribution in [-0.2, 0) is 33.6 Å². The fourth-order valence-corrected chi connectivity index (χ4v) is 0.731. The van der Waals surface area contributed by atoms with Crippen LogP contribution in [0.15, 0.2) is 28.1 Å². The molecule has 0 atom stereocenters. The predicted molar refractivity (Wildman–Crippen MR) is 43.8 cm³/mol. The lowest BCUT2D eigenvalue weighted by atomic mass is 10.5. The number of rotatable bonds is 6. The summed E-state index contributed by atoms with van der Waals surface area (Å²) >= 11 is 0. The SMILES string of the molecule is C=CC(=O)OOS(=O)(=O)OOC(=O)c1coo1. The third-order valence-corrected chi connectivity index (χ3v) is 1.52. The summed E-state index contributed by atoms with van der Waals surface area (Å²) in [6.45, 7) is 2.96. The van der Waals surface area contributed by atoms with E-state index in [1.807, 2.05) is 0 Å². The Morgan fingerprint density at radius 3 is 2.35 bits per heavy atom. The average Bonchev–Trinajstić information content (AvgIpc) is 2.21. The van der Waals surface area contributed by atoms with E-state index in [9.17, 15) is 18.0 Å². The molecule has 0 aliphatic rings. The van der Waals surface area contributed by atoms with Crippen molar-refractivity contribution in [1.82, 2.24) is 0 Å². The molecule has 0 unspecified atom stereocenters. The molecule has 10 nitrogen and oxygen atoms in total. The first-order chi connectivity index (χ1) is 7.94. The van der Waals surface area contributed by atoms with Gasteiger partial charge in [0.2, 0.25) is 0 Å². The lowest BCUT2D eigenvalue weighted by Crippen LogP contribution is -2.16. The molecule has 1 rings (SSSR count). The summed E-state index contributed by atoms with van der Waals surface area (Å²) in [6, 6.07) is 0. The van der Waals surface area contributed by atoms with Crippen molar-refractivity contribution in [1.29, 1.82) is 0 Å². The second-order valence-electron chi connectivity index (χ2n) is 2.18. The first-order valence-corrected chi connectivity index (χ1v) is 4.99. The summed E-state index contributed by atoms with van der Waals surface area (Å²) in [4.78, 5) is 28.6. The molecule has 0 saturated carbocycles. The van der Waals surface area contributed by atoms with Gasteiger partial charge in [-0.3, -0.25) is 18.9 Å². The molecule has 0 aromatic carbocycles. The molecule has 0 saturated heterocycles. The third-order valence-electron chi connectivity index (χ3n) is 1.05. The Hall–Kier alpha value is -2.11. The summed E-state index contributed by atoms with van der Waals surface area (Å²) in [6.07, 6.45) is 1.46. The van der Waals surface area contributed by atoms with Crippen molar-refractivity contribution in [2.24, 2.45) is 0 Å². The molecule has 94 valence electrons. The fraction of sp³-hybridized carbons (Fsp3) is 0. The zero-order chi connectivity index (χ0) is 12.9. The summed E-state index contributed by atoms with van der Waals surface area (Å²) in [5.74, 6) is -2.91.